The van der Waals surface area contributed by atoms with Gasteiger partial charge in [0.1, 0.15) is 6.61 Å². The Kier molecular flexibility index (Phi) is 41.8. The number of nitrogens with zero attached hydrogens (tertiary/aromatic N) is 7. The van der Waals surface area contributed by atoms with Crippen LogP contribution < -0.4 is 5.32 Å². The highest BCUT2D eigenvalue weighted by Crippen LogP contribution is 2.39. The Morgan fingerprint density at radius 3 is 0.906 bits per heavy atom. The molecule has 1 saturated carbocycles. The van der Waals surface area contributed by atoms with Crippen molar-refractivity contribution in [3.63, 3.8) is 0 Å². The molecule has 96 heavy (non-hydrogen) atoms. The number of nitrogens with one attached hydrogen (secondary N) is 1. The highest BCUT2D eigenvalue weighted by atomic mass is 16.6. The van der Waals surface area contributed by atoms with Crippen LogP contribution in [0.25, 0.3) is 0 Å². The fraction of sp³-hybridized carbons (Fsp3) is 0.988. The van der Waals surface area contributed by atoms with Crippen LogP contribution >= 0.6 is 0 Å². The van der Waals surface area contributed by atoms with Gasteiger partial charge in [0.15, 0.2) is 0 Å². The molecule has 8 aliphatic heterocycles. The summed E-state index contributed by atoms with van der Waals surface area (Å²) in [7, 11) is 6.12. The van der Waals surface area contributed by atoms with E-state index in [1.807, 2.05) is 27.8 Å². The SMILES string of the molecule is CC(C)(C)C1CCCC1.CC(C)(C)C1CCOCC1.CC(C)(C)C1COC1.CC(C)(C)N1CCC1.CC(C)(C)N1CCOC1=O.CC(C)(C)N1CCOCC1.CC1(C)CN(C(C)(C)C)C1.CC1CCN1C(C)(C)C.CC1CN(C(C)(C)C)C1.CN(C)C(C)(C)C.CNC(C)(C)C. The summed E-state index contributed by atoms with van der Waals surface area (Å²) in [6, 6.07) is 0.824. The number of ether oxygens (including phenoxy) is 4. The monoisotopic (exact) mass is 1370 g/mol. The molecule has 9 fully saturated rings. The molecule has 0 bridgehead atoms. The molecule has 0 radical (unpaired) electrons. The number of cyclic esters (lactones) is 1. The number of hydrogen-bond donors (Lipinski definition) is 1. The lowest BCUT2D eigenvalue weighted by molar-refractivity contribution is -0.0821. The van der Waals surface area contributed by atoms with Crippen LogP contribution in [0.15, 0.2) is 0 Å². The molecule has 13 nitrogen and oxygen atoms in total. The minimum Gasteiger partial charge on any atom is -0.448 e. The second-order valence-electron chi connectivity index (χ2n) is 41.9. The zero-order chi connectivity index (χ0) is 75.7. The minimum absolute atomic E-state index is 0.0897. The van der Waals surface area contributed by atoms with E-state index in [0.29, 0.717) is 67.0 Å². The van der Waals surface area contributed by atoms with Crippen molar-refractivity contribution in [1.82, 2.24) is 39.6 Å². The third kappa shape index (κ3) is 43.7. The van der Waals surface area contributed by atoms with Crippen LogP contribution in [0.5, 0.6) is 0 Å². The molecule has 0 aromatic carbocycles. The second kappa shape index (κ2) is 41.4. The molecule has 9 aliphatic rings. The first-order valence-corrected chi connectivity index (χ1v) is 38.7. The lowest BCUT2D eigenvalue weighted by Crippen LogP contribution is -2.60. The average molecular weight is 1370 g/mol. The van der Waals surface area contributed by atoms with Crippen molar-refractivity contribution in [3.8, 4) is 0 Å². The normalized spacial score (nSPS) is 22.3. The van der Waals surface area contributed by atoms with Crippen LogP contribution in [0.2, 0.25) is 0 Å². The van der Waals surface area contributed by atoms with E-state index in [0.717, 1.165) is 89.0 Å². The maximum atomic E-state index is 10.9. The van der Waals surface area contributed by atoms with Gasteiger partial charge in [-0.2, -0.15) is 0 Å². The Morgan fingerprint density at radius 2 is 0.781 bits per heavy atom. The van der Waals surface area contributed by atoms with Gasteiger partial charge < -0.3 is 29.2 Å². The summed E-state index contributed by atoms with van der Waals surface area (Å²) in [6.45, 7) is 101. The zero-order valence-electron chi connectivity index (χ0n) is 72.7. The molecule has 0 aromatic rings. The summed E-state index contributed by atoms with van der Waals surface area (Å²) in [5.74, 6) is 3.63. The highest BCUT2D eigenvalue weighted by molar-refractivity contribution is 5.70. The number of amides is 1. The molecular formula is C83H176N8O5. The molecule has 8 saturated heterocycles. The Morgan fingerprint density at radius 1 is 0.417 bits per heavy atom. The van der Waals surface area contributed by atoms with Gasteiger partial charge in [-0.25, -0.2) is 4.79 Å². The summed E-state index contributed by atoms with van der Waals surface area (Å²) in [5.41, 5.74) is 4.60. The van der Waals surface area contributed by atoms with Gasteiger partial charge in [0.2, 0.25) is 0 Å². The van der Waals surface area contributed by atoms with Crippen LogP contribution in [-0.4, -0.2) is 224 Å². The predicted octanol–water partition coefficient (Wildman–Crippen LogP) is 19.3. The first-order chi connectivity index (χ1) is 42.9. The van der Waals surface area contributed by atoms with Crippen molar-refractivity contribution in [2.24, 2.45) is 45.3 Å². The fourth-order valence-corrected chi connectivity index (χ4v) is 11.5. The lowest BCUT2D eigenvalue weighted by atomic mass is 9.76. The molecule has 578 valence electrons. The largest absolute Gasteiger partial charge is 0.448 e. The topological polar surface area (TPSA) is 88.7 Å². The summed E-state index contributed by atoms with van der Waals surface area (Å²) in [6.07, 6.45) is 11.0. The van der Waals surface area contributed by atoms with Crippen LogP contribution in [0, 0.1) is 45.3 Å². The van der Waals surface area contributed by atoms with Crippen LogP contribution in [0.4, 0.5) is 4.79 Å². The molecule has 1 N–H and O–H groups in total. The van der Waals surface area contributed by atoms with Gasteiger partial charge in [-0.1, -0.05) is 95.9 Å². The number of rotatable bonds is 0. The lowest BCUT2D eigenvalue weighted by Gasteiger charge is -2.52. The number of likely N-dealkylation sites (tertiary alicyclic amines) is 4. The predicted molar refractivity (Wildman–Crippen MR) is 422 cm³/mol. The molecule has 1 atom stereocenters. The van der Waals surface area contributed by atoms with Gasteiger partial charge in [0.25, 0.3) is 0 Å². The summed E-state index contributed by atoms with van der Waals surface area (Å²) < 4.78 is 20.4. The van der Waals surface area contributed by atoms with E-state index >= 15 is 0 Å². The first-order valence-electron chi connectivity index (χ1n) is 38.7. The van der Waals surface area contributed by atoms with Crippen molar-refractivity contribution < 1.29 is 23.7 Å². The van der Waals surface area contributed by atoms with Crippen molar-refractivity contribution in [1.29, 1.82) is 0 Å². The van der Waals surface area contributed by atoms with Crippen molar-refractivity contribution in [2.45, 2.75) is 358 Å². The number of carbonyl (C=O) groups excluding carboxylic acids is 1. The number of hydrogen-bond acceptors (Lipinski definition) is 12. The van der Waals surface area contributed by atoms with Crippen molar-refractivity contribution in [2.75, 3.05) is 133 Å². The third-order valence-electron chi connectivity index (χ3n) is 20.7. The van der Waals surface area contributed by atoms with Gasteiger partial charge in [-0.05, 0) is 285 Å². The minimum atomic E-state index is -0.187. The van der Waals surface area contributed by atoms with E-state index in [2.05, 4.69) is 284 Å². The summed E-state index contributed by atoms with van der Waals surface area (Å²) >= 11 is 0. The Hall–Kier alpha value is -1.13. The molecule has 1 aliphatic carbocycles. The second-order valence-corrected chi connectivity index (χ2v) is 41.9. The molecule has 0 spiro atoms. The first kappa shape index (κ1) is 96.9. The number of morpholine rings is 1. The molecule has 13 heteroatoms. The maximum absolute atomic E-state index is 10.9. The van der Waals surface area contributed by atoms with Gasteiger partial charge in [-0.15, -0.1) is 0 Å². The van der Waals surface area contributed by atoms with Crippen LogP contribution in [0.3, 0.4) is 0 Å². The maximum Gasteiger partial charge on any atom is 0.410 e. The fourth-order valence-electron chi connectivity index (χ4n) is 11.5. The van der Waals surface area contributed by atoms with E-state index in [1.165, 1.54) is 97.2 Å². The summed E-state index contributed by atoms with van der Waals surface area (Å²) in [5, 5.41) is 3.10. The van der Waals surface area contributed by atoms with E-state index in [1.54, 1.807) is 4.90 Å². The van der Waals surface area contributed by atoms with Gasteiger partial charge >= 0.3 is 6.09 Å². The molecule has 1 amide bonds. The van der Waals surface area contributed by atoms with Crippen molar-refractivity contribution >= 4 is 6.09 Å². The van der Waals surface area contributed by atoms with E-state index < -0.39 is 0 Å². The number of carbonyl (C=O) groups is 1. The van der Waals surface area contributed by atoms with E-state index in [4.69, 9.17) is 18.9 Å². The van der Waals surface area contributed by atoms with Gasteiger partial charge in [0.05, 0.1) is 33.0 Å². The Balaban J connectivity index is 0. The summed E-state index contributed by atoms with van der Waals surface area (Å²) in [4.78, 5) is 27.4. The molecule has 9 rings (SSSR count). The van der Waals surface area contributed by atoms with Crippen LogP contribution in [0.1, 0.15) is 308 Å². The Labute approximate surface area is 602 Å². The Bertz CT molecular complexity index is 1910. The van der Waals surface area contributed by atoms with Crippen molar-refractivity contribution in [3.05, 3.63) is 0 Å². The molecule has 8 heterocycles. The molecular weight excluding hydrogens is 1190 g/mol. The van der Waals surface area contributed by atoms with Gasteiger partial charge in [0, 0.05) is 115 Å². The van der Waals surface area contributed by atoms with Crippen LogP contribution in [-0.2, 0) is 18.9 Å². The smallest absolute Gasteiger partial charge is 0.410 e. The third-order valence-corrected chi connectivity index (χ3v) is 20.7. The average Bonchev–Trinajstić information content (AvgIpc) is 1.02. The van der Waals surface area contributed by atoms with Gasteiger partial charge in [-0.3, -0.25) is 29.4 Å². The highest BCUT2D eigenvalue weighted by Gasteiger charge is 2.40. The molecule has 0 aromatic heterocycles. The van der Waals surface area contributed by atoms with E-state index in [9.17, 15) is 4.79 Å². The zero-order valence-corrected chi connectivity index (χ0v) is 72.7. The van der Waals surface area contributed by atoms with E-state index in [-0.39, 0.29) is 11.6 Å². The standard InChI is InChI=1S/C9H19N.C9H18O.C9H18.C8H17NO.2C8H17N.C7H13NO2.C7H15N.C7H14O.C6H15N.C5H13N/c1-8(2,3)10-6-9(4,5)7-10;1-9(2,3)8-4-6-10-7-5-8;1-9(2,3)8-6-4-5-7-8;1-8(2,3)9-4-6-10-7-5-9;1-7-5-9(6-7)8(2,3)4;1-7-5-6-9(7)8(2,3)4;1-7(2,3)8-4-5-10-6(8)9;1-7(2,3)8-5-4-6-8;1-7(2,3)6-4-8-5-6;1-6(2,3)7(4)5;1-5(2,3)6-4/h6-7H2,1-5H3;8H,4-7H2,1-3H3;8H,4-7H2,1-3H3;4-7H2,1-3H3;2*7H,5-6H2,1-4H3;4-5H2,1-3H3;4-6H2,1-3H3;6H,4-5H2,1-3H3;1-5H3;6H,1-4H3. The molecule has 1 unspecified atom stereocenters. The quantitative estimate of drug-likeness (QED) is 0.251.